The molecular weight excluding hydrogens is 222 g/mol. The number of pyridine rings is 1. The fourth-order valence-electron chi connectivity index (χ4n) is 2.41. The summed E-state index contributed by atoms with van der Waals surface area (Å²) >= 11 is 0. The highest BCUT2D eigenvalue weighted by Crippen LogP contribution is 2.43. The molecule has 18 heavy (non-hydrogen) atoms. The Morgan fingerprint density at radius 2 is 1.89 bits per heavy atom. The van der Waals surface area contributed by atoms with Crippen molar-refractivity contribution >= 4 is 0 Å². The molecule has 0 spiro atoms. The van der Waals surface area contributed by atoms with Gasteiger partial charge < -0.3 is 5.11 Å². The maximum Gasteiger partial charge on any atom is 0.0848 e. The molecule has 1 aromatic heterocycles. The third-order valence-corrected chi connectivity index (χ3v) is 3.50. The monoisotopic (exact) mass is 239 g/mol. The minimum absolute atomic E-state index is 0.448. The molecule has 0 amide bonds. The Hall–Kier alpha value is -1.67. The minimum Gasteiger partial charge on any atom is -0.388 e. The first-order valence-electron chi connectivity index (χ1n) is 6.51. The number of hydrogen-bond donors (Lipinski definition) is 1. The lowest BCUT2D eigenvalue weighted by atomic mass is 9.96. The van der Waals surface area contributed by atoms with Crippen LogP contribution in [0.5, 0.6) is 0 Å². The van der Waals surface area contributed by atoms with Gasteiger partial charge in [0.1, 0.15) is 0 Å². The molecule has 2 nitrogen and oxygen atoms in total. The van der Waals surface area contributed by atoms with Crippen LogP contribution in [0.15, 0.2) is 48.7 Å². The van der Waals surface area contributed by atoms with Gasteiger partial charge in [-0.05, 0) is 42.0 Å². The van der Waals surface area contributed by atoms with E-state index >= 15 is 0 Å². The van der Waals surface area contributed by atoms with Gasteiger partial charge in [0.25, 0.3) is 0 Å². The number of rotatable bonds is 4. The summed E-state index contributed by atoms with van der Waals surface area (Å²) in [5, 5.41) is 10.4. The molecule has 92 valence electrons. The van der Waals surface area contributed by atoms with Crippen molar-refractivity contribution in [2.45, 2.75) is 31.3 Å². The van der Waals surface area contributed by atoms with Gasteiger partial charge in [-0.2, -0.15) is 0 Å². The fraction of sp³-hybridized carbons (Fsp3) is 0.312. The van der Waals surface area contributed by atoms with E-state index in [4.69, 9.17) is 0 Å². The summed E-state index contributed by atoms with van der Waals surface area (Å²) in [4.78, 5) is 4.27. The molecule has 1 aliphatic carbocycles. The SMILES string of the molecule is OC(Cc1ccccn1)c1ccccc1C1CC1. The summed E-state index contributed by atoms with van der Waals surface area (Å²) in [6.07, 6.45) is 4.43. The van der Waals surface area contributed by atoms with E-state index in [9.17, 15) is 5.11 Å². The number of aromatic nitrogens is 1. The zero-order chi connectivity index (χ0) is 12.4. The molecule has 1 aliphatic rings. The van der Waals surface area contributed by atoms with E-state index in [-0.39, 0.29) is 0 Å². The normalized spacial score (nSPS) is 16.5. The van der Waals surface area contributed by atoms with Crippen molar-refractivity contribution in [2.75, 3.05) is 0 Å². The van der Waals surface area contributed by atoms with Crippen molar-refractivity contribution in [2.24, 2.45) is 0 Å². The molecule has 1 N–H and O–H groups in total. The van der Waals surface area contributed by atoms with Crippen molar-refractivity contribution in [3.63, 3.8) is 0 Å². The number of aliphatic hydroxyl groups excluding tert-OH is 1. The molecule has 0 bridgehead atoms. The van der Waals surface area contributed by atoms with E-state index < -0.39 is 6.10 Å². The maximum atomic E-state index is 10.4. The first kappa shape index (κ1) is 11.4. The first-order chi connectivity index (χ1) is 8.84. The standard InChI is InChI=1S/C16H17NO/c18-16(11-13-5-3-4-10-17-13)15-7-2-1-6-14(15)12-8-9-12/h1-7,10,12,16,18H,8-9,11H2. The van der Waals surface area contributed by atoms with Crippen molar-refractivity contribution in [1.29, 1.82) is 0 Å². The molecule has 0 aliphatic heterocycles. The summed E-state index contributed by atoms with van der Waals surface area (Å²) in [5.74, 6) is 0.666. The van der Waals surface area contributed by atoms with Gasteiger partial charge in [-0.1, -0.05) is 30.3 Å². The van der Waals surface area contributed by atoms with Crippen molar-refractivity contribution in [1.82, 2.24) is 4.98 Å². The highest BCUT2D eigenvalue weighted by atomic mass is 16.3. The zero-order valence-corrected chi connectivity index (χ0v) is 10.3. The van der Waals surface area contributed by atoms with Crippen LogP contribution < -0.4 is 0 Å². The second-order valence-corrected chi connectivity index (χ2v) is 4.94. The quantitative estimate of drug-likeness (QED) is 0.888. The molecule has 1 aromatic carbocycles. The number of aliphatic hydroxyl groups is 1. The average Bonchev–Trinajstić information content (AvgIpc) is 3.24. The summed E-state index contributed by atoms with van der Waals surface area (Å²) in [6, 6.07) is 14.1. The summed E-state index contributed by atoms with van der Waals surface area (Å²) < 4.78 is 0. The van der Waals surface area contributed by atoms with Gasteiger partial charge in [-0.25, -0.2) is 0 Å². The zero-order valence-electron chi connectivity index (χ0n) is 10.3. The van der Waals surface area contributed by atoms with Crippen LogP contribution in [-0.2, 0) is 6.42 Å². The Balaban J connectivity index is 1.82. The maximum absolute atomic E-state index is 10.4. The van der Waals surface area contributed by atoms with Crippen LogP contribution >= 0.6 is 0 Å². The lowest BCUT2D eigenvalue weighted by molar-refractivity contribution is 0.176. The molecular formula is C16H17NO. The van der Waals surface area contributed by atoms with Gasteiger partial charge in [0, 0.05) is 18.3 Å². The molecule has 1 unspecified atom stereocenters. The molecule has 2 heteroatoms. The van der Waals surface area contributed by atoms with Crippen molar-refractivity contribution in [3.8, 4) is 0 Å². The van der Waals surface area contributed by atoms with Crippen LogP contribution in [0, 0.1) is 0 Å². The first-order valence-corrected chi connectivity index (χ1v) is 6.51. The smallest absolute Gasteiger partial charge is 0.0848 e. The van der Waals surface area contributed by atoms with E-state index in [1.165, 1.54) is 18.4 Å². The van der Waals surface area contributed by atoms with Gasteiger partial charge >= 0.3 is 0 Å². The minimum atomic E-state index is -0.448. The van der Waals surface area contributed by atoms with E-state index in [1.54, 1.807) is 6.20 Å². The van der Waals surface area contributed by atoms with Gasteiger partial charge in [0.2, 0.25) is 0 Å². The average molecular weight is 239 g/mol. The predicted molar refractivity (Wildman–Crippen MR) is 71.3 cm³/mol. The number of benzene rings is 1. The van der Waals surface area contributed by atoms with Crippen LogP contribution in [0.25, 0.3) is 0 Å². The summed E-state index contributed by atoms with van der Waals surface area (Å²) in [6.45, 7) is 0. The predicted octanol–water partition coefficient (Wildman–Crippen LogP) is 3.24. The van der Waals surface area contributed by atoms with Gasteiger partial charge in [0.15, 0.2) is 0 Å². The van der Waals surface area contributed by atoms with Gasteiger partial charge in [-0.15, -0.1) is 0 Å². The molecule has 1 saturated carbocycles. The van der Waals surface area contributed by atoms with Crippen LogP contribution in [-0.4, -0.2) is 10.1 Å². The Morgan fingerprint density at radius 3 is 2.61 bits per heavy atom. The fourth-order valence-corrected chi connectivity index (χ4v) is 2.41. The topological polar surface area (TPSA) is 33.1 Å². The van der Waals surface area contributed by atoms with E-state index in [1.807, 2.05) is 30.3 Å². The Kier molecular flexibility index (Phi) is 3.11. The number of nitrogens with zero attached hydrogens (tertiary/aromatic N) is 1. The van der Waals surface area contributed by atoms with E-state index in [2.05, 4.69) is 17.1 Å². The molecule has 1 heterocycles. The summed E-state index contributed by atoms with van der Waals surface area (Å²) in [5.41, 5.74) is 3.34. The van der Waals surface area contributed by atoms with E-state index in [0.717, 1.165) is 11.3 Å². The molecule has 3 rings (SSSR count). The number of hydrogen-bond acceptors (Lipinski definition) is 2. The van der Waals surface area contributed by atoms with Crippen molar-refractivity contribution in [3.05, 3.63) is 65.5 Å². The second-order valence-electron chi connectivity index (χ2n) is 4.94. The van der Waals surface area contributed by atoms with Crippen LogP contribution in [0.3, 0.4) is 0 Å². The molecule has 0 radical (unpaired) electrons. The largest absolute Gasteiger partial charge is 0.388 e. The van der Waals surface area contributed by atoms with Gasteiger partial charge in [0.05, 0.1) is 6.10 Å². The van der Waals surface area contributed by atoms with Crippen molar-refractivity contribution < 1.29 is 5.11 Å². The van der Waals surface area contributed by atoms with E-state index in [0.29, 0.717) is 12.3 Å². The second kappa shape index (κ2) is 4.91. The lowest BCUT2D eigenvalue weighted by Gasteiger charge is -2.15. The highest BCUT2D eigenvalue weighted by molar-refractivity contribution is 5.35. The van der Waals surface area contributed by atoms with Crippen LogP contribution in [0.1, 0.15) is 41.7 Å². The van der Waals surface area contributed by atoms with Gasteiger partial charge in [-0.3, -0.25) is 4.98 Å². The Morgan fingerprint density at radius 1 is 1.11 bits per heavy atom. The third kappa shape index (κ3) is 2.44. The Bertz CT molecular complexity index is 520. The summed E-state index contributed by atoms with van der Waals surface area (Å²) in [7, 11) is 0. The van der Waals surface area contributed by atoms with Crippen LogP contribution in [0.2, 0.25) is 0 Å². The lowest BCUT2D eigenvalue weighted by Crippen LogP contribution is -2.06. The molecule has 1 fully saturated rings. The third-order valence-electron chi connectivity index (χ3n) is 3.50. The highest BCUT2D eigenvalue weighted by Gasteiger charge is 2.27. The molecule has 2 aromatic rings. The van der Waals surface area contributed by atoms with Crippen LogP contribution in [0.4, 0.5) is 0 Å². The molecule has 1 atom stereocenters. The Labute approximate surface area is 107 Å². The molecule has 0 saturated heterocycles.